The number of esters is 2. The largest absolute Gasteiger partial charge is 0.519 e. The van der Waals surface area contributed by atoms with Crippen molar-refractivity contribution >= 4 is 23.1 Å². The van der Waals surface area contributed by atoms with Crippen molar-refractivity contribution in [1.82, 2.24) is 19.1 Å². The van der Waals surface area contributed by atoms with Crippen LogP contribution < -0.4 is 21.9 Å². The van der Waals surface area contributed by atoms with E-state index in [-0.39, 0.29) is 78.8 Å². The number of benzene rings is 1. The Morgan fingerprint density at radius 1 is 1.04 bits per heavy atom. The molecule has 0 aliphatic heterocycles. The maximum absolute atomic E-state index is 15.8. The van der Waals surface area contributed by atoms with E-state index in [0.717, 1.165) is 15.7 Å². The van der Waals surface area contributed by atoms with E-state index in [1.54, 1.807) is 6.07 Å². The smallest absolute Gasteiger partial charge is 0.461 e. The third-order valence-electron chi connectivity index (χ3n) is 8.88. The molecule has 5 rings (SSSR count). The quantitative estimate of drug-likeness (QED) is 0.0682. The number of hydrogen-bond acceptors (Lipinski definition) is 14. The van der Waals surface area contributed by atoms with Crippen molar-refractivity contribution in [2.24, 2.45) is 4.99 Å². The highest BCUT2D eigenvalue weighted by atomic mass is 19.1. The molecular formula is C37H40FN5O11. The van der Waals surface area contributed by atoms with Crippen molar-refractivity contribution in [3.63, 3.8) is 0 Å². The molecule has 54 heavy (non-hydrogen) atoms. The molecule has 5 aromatic rings. The number of ether oxygens (including phenoxy) is 3. The zero-order chi connectivity index (χ0) is 39.5. The highest BCUT2D eigenvalue weighted by molar-refractivity contribution is 5.74. The van der Waals surface area contributed by atoms with Gasteiger partial charge in [0.2, 0.25) is 0 Å². The molecule has 0 N–H and O–H groups in total. The number of fused-ring (bicyclic) bond motifs is 1. The second-order valence-corrected chi connectivity index (χ2v) is 13.4. The third kappa shape index (κ3) is 8.44. The lowest BCUT2D eigenvalue weighted by atomic mass is 9.78. The highest BCUT2D eigenvalue weighted by Crippen LogP contribution is 2.38. The molecule has 0 bridgehead atoms. The lowest BCUT2D eigenvalue weighted by Gasteiger charge is -2.30. The lowest BCUT2D eigenvalue weighted by Crippen LogP contribution is -2.38. The zero-order valence-corrected chi connectivity index (χ0v) is 31.2. The summed E-state index contributed by atoms with van der Waals surface area (Å²) in [6.45, 7) is 11.0. The Morgan fingerprint density at radius 3 is 2.30 bits per heavy atom. The highest BCUT2D eigenvalue weighted by Gasteiger charge is 2.34. The second-order valence-electron chi connectivity index (χ2n) is 13.4. The van der Waals surface area contributed by atoms with Crippen LogP contribution in [0, 0.1) is 46.1 Å². The van der Waals surface area contributed by atoms with Crippen molar-refractivity contribution in [3.8, 4) is 18.1 Å². The zero-order valence-electron chi connectivity index (χ0n) is 31.2. The first-order chi connectivity index (χ1) is 25.5. The van der Waals surface area contributed by atoms with E-state index in [1.807, 2.05) is 33.8 Å². The number of hydrogen-bond donors (Lipinski definition) is 0. The van der Waals surface area contributed by atoms with Gasteiger partial charge in [0.05, 0.1) is 19.3 Å². The molecule has 0 saturated heterocycles. The standard InChI is InChI=1S/C37H40FN5O11/c1-10-37(48-9,18-49-28(45)15-36(7,8)29-21(3)13-20(2)14-25(29)52-24(6)44)11-12-42-19-40-30-31(39-16-26-22(4)50-34(46)53-26)43(33(38)41-32(30)42)17-27-23(5)51-35(47)54-27/h1,13-14,19H,11-12,15-18H2,2-9H3/b39-31-. The Kier molecular flexibility index (Phi) is 11.3. The minimum absolute atomic E-state index is 0.0186. The van der Waals surface area contributed by atoms with E-state index in [4.69, 9.17) is 38.3 Å². The Balaban J connectivity index is 1.39. The van der Waals surface area contributed by atoms with E-state index in [2.05, 4.69) is 20.9 Å². The van der Waals surface area contributed by atoms with Gasteiger partial charge in [-0.2, -0.15) is 9.37 Å². The Morgan fingerprint density at radius 2 is 1.70 bits per heavy atom. The maximum Gasteiger partial charge on any atom is 0.519 e. The summed E-state index contributed by atoms with van der Waals surface area (Å²) >= 11 is 0. The summed E-state index contributed by atoms with van der Waals surface area (Å²) < 4.78 is 55.3. The predicted molar refractivity (Wildman–Crippen MR) is 187 cm³/mol. The average Bonchev–Trinajstić information content (AvgIpc) is 3.74. The number of carbonyl (C=O) groups is 2. The monoisotopic (exact) mass is 749 g/mol. The van der Waals surface area contributed by atoms with Crippen LogP contribution in [0.15, 0.2) is 50.7 Å². The number of halogens is 1. The minimum atomic E-state index is -1.40. The molecule has 0 radical (unpaired) electrons. The number of aryl methyl sites for hydroxylation is 5. The Bertz CT molecular complexity index is 2450. The number of carbonyl (C=O) groups excluding carboxylic acids is 2. The summed E-state index contributed by atoms with van der Waals surface area (Å²) in [5.41, 5.74) is 0.474. The molecule has 0 spiro atoms. The normalized spacial score (nSPS) is 13.2. The van der Waals surface area contributed by atoms with Gasteiger partial charge in [-0.3, -0.25) is 19.1 Å². The van der Waals surface area contributed by atoms with Crippen LogP contribution >= 0.6 is 0 Å². The van der Waals surface area contributed by atoms with Gasteiger partial charge in [-0.15, -0.1) is 6.42 Å². The molecule has 286 valence electrons. The van der Waals surface area contributed by atoms with Crippen molar-refractivity contribution in [2.45, 2.75) is 92.0 Å². The van der Waals surface area contributed by atoms with Crippen LogP contribution in [0.5, 0.6) is 5.75 Å². The van der Waals surface area contributed by atoms with E-state index < -0.39 is 40.7 Å². The van der Waals surface area contributed by atoms with Crippen LogP contribution in [0.4, 0.5) is 4.39 Å². The van der Waals surface area contributed by atoms with E-state index in [1.165, 1.54) is 38.8 Å². The van der Waals surface area contributed by atoms with Gasteiger partial charge in [0, 0.05) is 38.0 Å². The molecule has 0 aliphatic rings. The SMILES string of the molecule is C#CC(CCn1cnc2/c(=N/Cc3oc(=O)oc3C)n(Cc3oc(=O)oc3C)c(F)nc21)(COC(=O)CC(C)(C)c1c(C)cc(C)cc1OC(C)=O)OC. The van der Waals surface area contributed by atoms with Crippen molar-refractivity contribution in [1.29, 1.82) is 0 Å². The summed E-state index contributed by atoms with van der Waals surface area (Å²) in [5, 5.41) is 0. The minimum Gasteiger partial charge on any atom is -0.461 e. The van der Waals surface area contributed by atoms with Gasteiger partial charge in [-0.1, -0.05) is 25.8 Å². The number of rotatable bonds is 14. The van der Waals surface area contributed by atoms with Gasteiger partial charge in [-0.25, -0.2) is 14.6 Å². The topological polar surface area (TPSA) is 197 Å². The van der Waals surface area contributed by atoms with E-state index in [9.17, 15) is 19.2 Å². The molecule has 1 unspecified atom stereocenters. The molecule has 4 heterocycles. The Hall–Kier alpha value is -6.02. The first-order valence-corrected chi connectivity index (χ1v) is 16.7. The molecule has 17 heteroatoms. The fourth-order valence-electron chi connectivity index (χ4n) is 6.24. The molecule has 4 aromatic heterocycles. The van der Waals surface area contributed by atoms with E-state index in [0.29, 0.717) is 11.3 Å². The fraction of sp³-hybridized carbons (Fsp3) is 0.432. The van der Waals surface area contributed by atoms with Crippen LogP contribution in [-0.2, 0) is 44.1 Å². The summed E-state index contributed by atoms with van der Waals surface area (Å²) in [7, 11) is 1.38. The molecule has 1 atom stereocenters. The van der Waals surface area contributed by atoms with Crippen molar-refractivity contribution in [2.75, 3.05) is 13.7 Å². The van der Waals surface area contributed by atoms with Crippen LogP contribution in [0.2, 0.25) is 0 Å². The summed E-state index contributed by atoms with van der Waals surface area (Å²) in [6.07, 6.45) is 6.34. The maximum atomic E-state index is 15.8. The molecule has 0 aliphatic carbocycles. The van der Waals surface area contributed by atoms with Crippen LogP contribution in [-0.4, -0.2) is 50.4 Å². The van der Waals surface area contributed by atoms with Crippen LogP contribution in [0.1, 0.15) is 73.3 Å². The number of aromatic nitrogens is 4. The number of nitrogens with zero attached hydrogens (tertiary/aromatic N) is 5. The summed E-state index contributed by atoms with van der Waals surface area (Å²) in [5.74, 6) is 0.491. The predicted octanol–water partition coefficient (Wildman–Crippen LogP) is 4.09. The fourth-order valence-corrected chi connectivity index (χ4v) is 6.24. The first-order valence-electron chi connectivity index (χ1n) is 16.7. The molecular weight excluding hydrogens is 709 g/mol. The summed E-state index contributed by atoms with van der Waals surface area (Å²) in [4.78, 5) is 61.5. The number of terminal acetylenes is 1. The second kappa shape index (κ2) is 15.5. The van der Waals surface area contributed by atoms with Gasteiger partial charge < -0.3 is 36.4 Å². The van der Waals surface area contributed by atoms with Gasteiger partial charge >= 0.3 is 23.6 Å². The number of methoxy groups -OCH3 is 1. The lowest BCUT2D eigenvalue weighted by molar-refractivity contribution is -0.151. The van der Waals surface area contributed by atoms with Crippen molar-refractivity contribution < 1.29 is 45.9 Å². The Labute approximate surface area is 307 Å². The molecule has 0 amide bonds. The van der Waals surface area contributed by atoms with Crippen LogP contribution in [0.3, 0.4) is 0 Å². The van der Waals surface area contributed by atoms with Gasteiger partial charge in [0.15, 0.2) is 33.8 Å². The molecule has 16 nitrogen and oxygen atoms in total. The van der Waals surface area contributed by atoms with Crippen molar-refractivity contribution in [3.05, 3.63) is 91.0 Å². The molecule has 0 saturated carbocycles. The van der Waals surface area contributed by atoms with Gasteiger partial charge in [0.25, 0.3) is 6.08 Å². The van der Waals surface area contributed by atoms with Gasteiger partial charge in [0.1, 0.15) is 30.4 Å². The first kappa shape index (κ1) is 39.2. The number of imidazole rings is 1. The van der Waals surface area contributed by atoms with E-state index >= 15 is 4.39 Å². The molecule has 1 aromatic carbocycles. The summed E-state index contributed by atoms with van der Waals surface area (Å²) in [6, 6.07) is 3.70. The average molecular weight is 750 g/mol. The third-order valence-corrected chi connectivity index (χ3v) is 8.88. The van der Waals surface area contributed by atoms with Crippen LogP contribution in [0.25, 0.3) is 11.2 Å². The molecule has 0 fully saturated rings. The van der Waals surface area contributed by atoms with Gasteiger partial charge in [-0.05, 0) is 44.9 Å².